The van der Waals surface area contributed by atoms with Gasteiger partial charge in [0.2, 0.25) is 0 Å². The number of aromatic nitrogens is 3. The number of hydrogen-bond donors (Lipinski definition) is 0. The van der Waals surface area contributed by atoms with Crippen LogP contribution in [-0.2, 0) is 20.1 Å². The van der Waals surface area contributed by atoms with Crippen LogP contribution in [0.1, 0.15) is 24.2 Å². The highest BCUT2D eigenvalue weighted by molar-refractivity contribution is 5.03. The largest absolute Gasteiger partial charge is 0.360 e. The van der Waals surface area contributed by atoms with Crippen LogP contribution < -0.4 is 0 Å². The Bertz CT molecular complexity index is 590. The number of nitrogens with zero attached hydrogens (tertiary/aromatic N) is 5. The fourth-order valence-electron chi connectivity index (χ4n) is 2.89. The van der Waals surface area contributed by atoms with Crippen molar-refractivity contribution < 1.29 is 4.52 Å². The fourth-order valence-corrected chi connectivity index (χ4v) is 2.89. The molecule has 0 radical (unpaired) electrons. The first-order chi connectivity index (χ1) is 10.1. The van der Waals surface area contributed by atoms with Gasteiger partial charge in [-0.05, 0) is 13.8 Å². The summed E-state index contributed by atoms with van der Waals surface area (Å²) in [6, 6.07) is 2.53. The molecule has 1 aliphatic rings. The van der Waals surface area contributed by atoms with Crippen LogP contribution in [0.15, 0.2) is 23.0 Å². The SMILES string of the molecule is Cc1cc(CN2CCN(Cc3nccn3C)[C@H](C)C2)on1. The number of hydrogen-bond acceptors (Lipinski definition) is 5. The molecule has 21 heavy (non-hydrogen) atoms. The van der Waals surface area contributed by atoms with Gasteiger partial charge in [-0.2, -0.15) is 0 Å². The summed E-state index contributed by atoms with van der Waals surface area (Å²) < 4.78 is 7.41. The Kier molecular flexibility index (Phi) is 4.07. The lowest BCUT2D eigenvalue weighted by Gasteiger charge is -2.39. The molecule has 0 amide bonds. The minimum absolute atomic E-state index is 0.513. The van der Waals surface area contributed by atoms with Crippen molar-refractivity contribution in [2.24, 2.45) is 7.05 Å². The fraction of sp³-hybridized carbons (Fsp3) is 0.600. The highest BCUT2D eigenvalue weighted by atomic mass is 16.5. The van der Waals surface area contributed by atoms with Crippen LogP contribution in [0.2, 0.25) is 0 Å². The Balaban J connectivity index is 1.55. The van der Waals surface area contributed by atoms with Gasteiger partial charge in [0.05, 0.1) is 18.8 Å². The first-order valence-corrected chi connectivity index (χ1v) is 7.46. The van der Waals surface area contributed by atoms with Crippen molar-refractivity contribution in [1.82, 2.24) is 24.5 Å². The average Bonchev–Trinajstić information content (AvgIpc) is 3.02. The summed E-state index contributed by atoms with van der Waals surface area (Å²) in [5.41, 5.74) is 0.950. The van der Waals surface area contributed by atoms with Crippen LogP contribution in [0.5, 0.6) is 0 Å². The molecule has 1 fully saturated rings. The Labute approximate surface area is 125 Å². The maximum atomic E-state index is 5.31. The number of aryl methyl sites for hydroxylation is 2. The van der Waals surface area contributed by atoms with Gasteiger partial charge in [0.15, 0.2) is 5.76 Å². The first-order valence-electron chi connectivity index (χ1n) is 7.46. The minimum Gasteiger partial charge on any atom is -0.360 e. The van der Waals surface area contributed by atoms with Crippen LogP contribution in [0.4, 0.5) is 0 Å². The van der Waals surface area contributed by atoms with Gasteiger partial charge in [-0.25, -0.2) is 4.98 Å². The first kappa shape index (κ1) is 14.3. The lowest BCUT2D eigenvalue weighted by Crippen LogP contribution is -2.51. The van der Waals surface area contributed by atoms with Gasteiger partial charge in [0.1, 0.15) is 5.82 Å². The molecular weight excluding hydrogens is 266 g/mol. The molecule has 0 unspecified atom stereocenters. The van der Waals surface area contributed by atoms with Crippen LogP contribution in [0, 0.1) is 6.92 Å². The smallest absolute Gasteiger partial charge is 0.150 e. The van der Waals surface area contributed by atoms with Crippen molar-refractivity contribution in [2.75, 3.05) is 19.6 Å². The van der Waals surface area contributed by atoms with E-state index in [-0.39, 0.29) is 0 Å². The lowest BCUT2D eigenvalue weighted by atomic mass is 10.2. The molecule has 0 saturated carbocycles. The van der Waals surface area contributed by atoms with E-state index in [4.69, 9.17) is 4.52 Å². The molecule has 6 heteroatoms. The monoisotopic (exact) mass is 289 g/mol. The van der Waals surface area contributed by atoms with E-state index < -0.39 is 0 Å². The van der Waals surface area contributed by atoms with Crippen molar-refractivity contribution in [2.45, 2.75) is 33.0 Å². The summed E-state index contributed by atoms with van der Waals surface area (Å²) in [6.45, 7) is 9.16. The Morgan fingerprint density at radius 3 is 2.81 bits per heavy atom. The quantitative estimate of drug-likeness (QED) is 0.852. The molecule has 3 rings (SSSR count). The standard InChI is InChI=1S/C15H23N5O/c1-12-8-14(21-17-12)10-19-6-7-20(13(2)9-19)11-15-16-4-5-18(15)3/h4-5,8,13H,6-7,9-11H2,1-3H3/t13-/m1/s1. The third kappa shape index (κ3) is 3.33. The molecule has 3 heterocycles. The average molecular weight is 289 g/mol. The van der Waals surface area contributed by atoms with Gasteiger partial charge in [-0.1, -0.05) is 5.16 Å². The molecule has 114 valence electrons. The number of imidazole rings is 1. The van der Waals surface area contributed by atoms with Crippen molar-refractivity contribution in [3.63, 3.8) is 0 Å². The predicted octanol–water partition coefficient (Wildman–Crippen LogP) is 1.42. The molecule has 0 aromatic carbocycles. The molecule has 2 aromatic rings. The van der Waals surface area contributed by atoms with Gasteiger partial charge in [0.25, 0.3) is 0 Å². The molecule has 0 spiro atoms. The third-order valence-corrected chi connectivity index (χ3v) is 4.17. The van der Waals surface area contributed by atoms with Crippen LogP contribution >= 0.6 is 0 Å². The van der Waals surface area contributed by atoms with Crippen LogP contribution in [0.3, 0.4) is 0 Å². The summed E-state index contributed by atoms with van der Waals surface area (Å²) >= 11 is 0. The van der Waals surface area contributed by atoms with E-state index in [0.717, 1.165) is 50.0 Å². The summed E-state index contributed by atoms with van der Waals surface area (Å²) in [5, 5.41) is 3.95. The van der Waals surface area contributed by atoms with Crippen molar-refractivity contribution in [3.05, 3.63) is 35.7 Å². The Morgan fingerprint density at radius 2 is 2.19 bits per heavy atom. The Hall–Kier alpha value is -1.66. The molecule has 0 aliphatic carbocycles. The second-order valence-electron chi connectivity index (χ2n) is 5.94. The highest BCUT2D eigenvalue weighted by Gasteiger charge is 2.25. The maximum absolute atomic E-state index is 5.31. The van der Waals surface area contributed by atoms with Crippen molar-refractivity contribution in [3.8, 4) is 0 Å². The van der Waals surface area contributed by atoms with E-state index in [1.54, 1.807) is 0 Å². The normalized spacial score (nSPS) is 21.0. The zero-order chi connectivity index (χ0) is 14.8. The third-order valence-electron chi connectivity index (χ3n) is 4.17. The lowest BCUT2D eigenvalue weighted by molar-refractivity contribution is 0.0655. The zero-order valence-corrected chi connectivity index (χ0v) is 13.0. The van der Waals surface area contributed by atoms with Gasteiger partial charge < -0.3 is 9.09 Å². The number of piperazine rings is 1. The van der Waals surface area contributed by atoms with Crippen LogP contribution in [0.25, 0.3) is 0 Å². The van der Waals surface area contributed by atoms with Gasteiger partial charge in [-0.15, -0.1) is 0 Å². The minimum atomic E-state index is 0.513. The van der Waals surface area contributed by atoms with E-state index in [0.29, 0.717) is 6.04 Å². The summed E-state index contributed by atoms with van der Waals surface area (Å²) in [5.74, 6) is 2.08. The topological polar surface area (TPSA) is 50.3 Å². The molecule has 1 atom stereocenters. The summed E-state index contributed by atoms with van der Waals surface area (Å²) in [4.78, 5) is 9.34. The van der Waals surface area contributed by atoms with Gasteiger partial charge in [0, 0.05) is 51.2 Å². The van der Waals surface area contributed by atoms with Crippen LogP contribution in [-0.4, -0.2) is 50.2 Å². The molecule has 6 nitrogen and oxygen atoms in total. The summed E-state index contributed by atoms with van der Waals surface area (Å²) in [6.07, 6.45) is 3.87. The Morgan fingerprint density at radius 1 is 1.33 bits per heavy atom. The molecule has 0 bridgehead atoms. The van der Waals surface area contributed by atoms with Gasteiger partial charge >= 0.3 is 0 Å². The molecule has 2 aromatic heterocycles. The zero-order valence-electron chi connectivity index (χ0n) is 13.0. The highest BCUT2D eigenvalue weighted by Crippen LogP contribution is 2.15. The molecule has 1 aliphatic heterocycles. The number of rotatable bonds is 4. The molecular formula is C15H23N5O. The van der Waals surface area contributed by atoms with E-state index in [1.807, 2.05) is 25.4 Å². The molecule has 0 N–H and O–H groups in total. The second-order valence-corrected chi connectivity index (χ2v) is 5.94. The predicted molar refractivity (Wildman–Crippen MR) is 79.6 cm³/mol. The second kappa shape index (κ2) is 5.99. The molecule has 1 saturated heterocycles. The van der Waals surface area contributed by atoms with Crippen molar-refractivity contribution in [1.29, 1.82) is 0 Å². The van der Waals surface area contributed by atoms with E-state index in [1.165, 1.54) is 0 Å². The van der Waals surface area contributed by atoms with Crippen molar-refractivity contribution >= 4 is 0 Å². The van der Waals surface area contributed by atoms with E-state index in [2.05, 4.69) is 38.5 Å². The summed E-state index contributed by atoms with van der Waals surface area (Å²) in [7, 11) is 2.05. The van der Waals surface area contributed by atoms with Gasteiger partial charge in [-0.3, -0.25) is 9.80 Å². The van der Waals surface area contributed by atoms with E-state index in [9.17, 15) is 0 Å². The maximum Gasteiger partial charge on any atom is 0.150 e. The van der Waals surface area contributed by atoms with E-state index >= 15 is 0 Å².